The normalized spacial score (nSPS) is 17.6. The first kappa shape index (κ1) is 28.2. The van der Waals surface area contributed by atoms with Crippen molar-refractivity contribution in [3.05, 3.63) is 48.7 Å². The Kier molecular flexibility index (Phi) is 8.49. The first-order valence-corrected chi connectivity index (χ1v) is 16.5. The largest absolute Gasteiger partial charge is 0.494 e. The van der Waals surface area contributed by atoms with Gasteiger partial charge in [0.1, 0.15) is 18.7 Å². The number of para-hydroxylation sites is 1. The summed E-state index contributed by atoms with van der Waals surface area (Å²) in [6.07, 6.45) is 3.94. The van der Waals surface area contributed by atoms with E-state index in [1.165, 1.54) is 0 Å². The average Bonchev–Trinajstić information content (AvgIpc) is 2.94. The number of rotatable bonds is 8. The topological polar surface area (TPSA) is 112 Å². The van der Waals surface area contributed by atoms with E-state index in [9.17, 15) is 4.57 Å². The van der Waals surface area contributed by atoms with Gasteiger partial charge in [-0.2, -0.15) is 4.98 Å². The lowest BCUT2D eigenvalue weighted by Crippen LogP contribution is -2.52. The monoisotopic (exact) mass is 564 g/mol. The molecule has 0 radical (unpaired) electrons. The van der Waals surface area contributed by atoms with Crippen molar-refractivity contribution in [3.63, 3.8) is 0 Å². The molecule has 214 valence electrons. The van der Waals surface area contributed by atoms with Crippen LogP contribution in [0.5, 0.6) is 5.75 Å². The summed E-state index contributed by atoms with van der Waals surface area (Å²) in [5.74, 6) is 1.66. The Hall–Kier alpha value is -3.33. The van der Waals surface area contributed by atoms with Gasteiger partial charge >= 0.3 is 0 Å². The molecule has 2 aliphatic heterocycles. The second kappa shape index (κ2) is 12.0. The molecule has 0 atom stereocenters. The van der Waals surface area contributed by atoms with Gasteiger partial charge in [-0.25, -0.2) is 4.98 Å². The predicted molar refractivity (Wildman–Crippen MR) is 166 cm³/mol. The summed E-state index contributed by atoms with van der Waals surface area (Å²) >= 11 is 0. The van der Waals surface area contributed by atoms with Crippen LogP contribution in [0.3, 0.4) is 0 Å². The van der Waals surface area contributed by atoms with Crippen LogP contribution in [0.1, 0.15) is 12.8 Å². The lowest BCUT2D eigenvalue weighted by Gasteiger charge is -2.42. The van der Waals surface area contributed by atoms with E-state index in [-0.39, 0.29) is 0 Å². The van der Waals surface area contributed by atoms with Crippen LogP contribution in [-0.2, 0) is 4.57 Å². The fourth-order valence-corrected chi connectivity index (χ4v) is 6.74. The summed E-state index contributed by atoms with van der Waals surface area (Å²) < 4.78 is 18.5. The highest BCUT2D eigenvalue weighted by Gasteiger charge is 2.28. The Bertz CT molecular complexity index is 1360. The van der Waals surface area contributed by atoms with Crippen molar-refractivity contribution in [3.8, 4) is 5.75 Å². The van der Waals surface area contributed by atoms with Crippen molar-refractivity contribution >= 4 is 47.0 Å². The van der Waals surface area contributed by atoms with E-state index in [0.717, 1.165) is 68.8 Å². The maximum atomic E-state index is 12.8. The highest BCUT2D eigenvalue weighted by atomic mass is 31.2. The molecule has 3 aromatic rings. The molecule has 4 N–H and O–H groups in total. The zero-order valence-corrected chi connectivity index (χ0v) is 24.8. The van der Waals surface area contributed by atoms with Crippen molar-refractivity contribution in [2.75, 3.05) is 88.0 Å². The van der Waals surface area contributed by atoms with Gasteiger partial charge in [-0.05, 0) is 57.5 Å². The molecule has 11 heteroatoms. The van der Waals surface area contributed by atoms with E-state index >= 15 is 0 Å². The molecule has 0 unspecified atom stereocenters. The Morgan fingerprint density at radius 2 is 1.70 bits per heavy atom. The van der Waals surface area contributed by atoms with Crippen LogP contribution in [0.2, 0.25) is 0 Å². The number of nitrogens with two attached hydrogens (primary N) is 1. The van der Waals surface area contributed by atoms with E-state index in [1.54, 1.807) is 32.7 Å². The number of hydrogen-bond acceptors (Lipinski definition) is 10. The van der Waals surface area contributed by atoms with Crippen LogP contribution in [-0.4, -0.2) is 92.6 Å². The minimum atomic E-state index is -2.47. The summed E-state index contributed by atoms with van der Waals surface area (Å²) in [6.45, 7) is 10.1. The second-order valence-electron chi connectivity index (χ2n) is 11.1. The SMILES string of the molecule is COc1cc(N2CCC(N3CCN(C)CC3)CC2)c(N)cc1Nc1nccc(Nc2ccccc2P(C)(C)=O)n1. The van der Waals surface area contributed by atoms with Gasteiger partial charge in [-0.3, -0.25) is 4.90 Å². The van der Waals surface area contributed by atoms with Gasteiger partial charge in [0.2, 0.25) is 5.95 Å². The number of piperazine rings is 1. The predicted octanol–water partition coefficient (Wildman–Crippen LogP) is 4.02. The average molecular weight is 565 g/mol. The third-order valence-corrected chi connectivity index (χ3v) is 9.41. The number of piperidine rings is 1. The first-order chi connectivity index (χ1) is 19.2. The van der Waals surface area contributed by atoms with Crippen LogP contribution in [0.15, 0.2) is 48.7 Å². The quantitative estimate of drug-likeness (QED) is 0.274. The van der Waals surface area contributed by atoms with Gasteiger partial charge < -0.3 is 35.5 Å². The molecular formula is C29H41N8O2P. The molecule has 2 saturated heterocycles. The van der Waals surface area contributed by atoms with E-state index < -0.39 is 7.14 Å². The molecule has 2 aromatic carbocycles. The summed E-state index contributed by atoms with van der Waals surface area (Å²) in [5, 5.41) is 7.34. The van der Waals surface area contributed by atoms with Crippen LogP contribution < -0.4 is 31.3 Å². The van der Waals surface area contributed by atoms with Crippen molar-refractivity contribution in [2.24, 2.45) is 0 Å². The van der Waals surface area contributed by atoms with Gasteiger partial charge in [-0.1, -0.05) is 12.1 Å². The Labute approximate surface area is 237 Å². The van der Waals surface area contributed by atoms with Crippen LogP contribution >= 0.6 is 7.14 Å². The summed E-state index contributed by atoms with van der Waals surface area (Å²) in [5.41, 5.74) is 9.72. The standard InChI is InChI=1S/C29H41N8O2P/c1-35-15-17-36(18-16-35)21-10-13-37(14-11-21)25-20-26(39-2)24(19-22(25)30)33-29-31-12-9-28(34-29)32-23-7-5-6-8-27(23)40(3,4)38/h5-9,12,19-21H,10-11,13-18,30H2,1-4H3,(H2,31,32,33,34). The van der Waals surface area contributed by atoms with Crippen LogP contribution in [0.25, 0.3) is 0 Å². The number of nitrogens with one attached hydrogen (secondary N) is 2. The van der Waals surface area contributed by atoms with Gasteiger partial charge in [0.25, 0.3) is 0 Å². The number of nitrogens with zero attached hydrogens (tertiary/aromatic N) is 5. The van der Waals surface area contributed by atoms with Gasteiger partial charge in [0.15, 0.2) is 0 Å². The number of ether oxygens (including phenoxy) is 1. The van der Waals surface area contributed by atoms with Crippen molar-refractivity contribution in [2.45, 2.75) is 18.9 Å². The third kappa shape index (κ3) is 6.52. The lowest BCUT2D eigenvalue weighted by atomic mass is 10.0. The highest BCUT2D eigenvalue weighted by Crippen LogP contribution is 2.39. The van der Waals surface area contributed by atoms with Crippen molar-refractivity contribution < 1.29 is 9.30 Å². The minimum absolute atomic E-state index is 0.400. The maximum absolute atomic E-state index is 12.8. The third-order valence-electron chi connectivity index (χ3n) is 7.86. The van der Waals surface area contributed by atoms with Gasteiger partial charge in [0, 0.05) is 62.9 Å². The maximum Gasteiger partial charge on any atom is 0.229 e. The fraction of sp³-hybridized carbons (Fsp3) is 0.448. The fourth-order valence-electron chi connectivity index (χ4n) is 5.58. The zero-order valence-electron chi connectivity index (χ0n) is 23.9. The molecule has 3 heterocycles. The lowest BCUT2D eigenvalue weighted by molar-refractivity contribution is 0.0982. The summed E-state index contributed by atoms with van der Waals surface area (Å²) in [6, 6.07) is 13.9. The highest BCUT2D eigenvalue weighted by molar-refractivity contribution is 7.70. The van der Waals surface area contributed by atoms with E-state index in [2.05, 4.69) is 42.3 Å². The number of anilines is 6. The molecule has 0 bridgehead atoms. The molecule has 10 nitrogen and oxygen atoms in total. The molecule has 5 rings (SSSR count). The number of methoxy groups -OCH3 is 1. The number of likely N-dealkylation sites (N-methyl/N-ethyl adjacent to an activating group) is 1. The number of hydrogen-bond donors (Lipinski definition) is 3. The Morgan fingerprint density at radius 3 is 2.40 bits per heavy atom. The smallest absolute Gasteiger partial charge is 0.229 e. The van der Waals surface area contributed by atoms with Gasteiger partial charge in [0.05, 0.1) is 29.9 Å². The minimum Gasteiger partial charge on any atom is -0.494 e. The van der Waals surface area contributed by atoms with Crippen molar-refractivity contribution in [1.82, 2.24) is 19.8 Å². The number of nitrogen functional groups attached to an aromatic ring is 1. The van der Waals surface area contributed by atoms with Crippen LogP contribution in [0, 0.1) is 0 Å². The Morgan fingerprint density at radius 1 is 0.975 bits per heavy atom. The van der Waals surface area contributed by atoms with Crippen LogP contribution in [0.4, 0.5) is 34.5 Å². The van der Waals surface area contributed by atoms with Gasteiger partial charge in [-0.15, -0.1) is 0 Å². The molecule has 0 spiro atoms. The van der Waals surface area contributed by atoms with Crippen molar-refractivity contribution in [1.29, 1.82) is 0 Å². The molecule has 0 amide bonds. The Balaban J connectivity index is 1.28. The molecular weight excluding hydrogens is 523 g/mol. The van der Waals surface area contributed by atoms with E-state index in [0.29, 0.717) is 34.9 Å². The molecule has 0 saturated carbocycles. The summed E-state index contributed by atoms with van der Waals surface area (Å²) in [7, 11) is 1.39. The number of benzene rings is 2. The molecule has 40 heavy (non-hydrogen) atoms. The first-order valence-electron chi connectivity index (χ1n) is 13.9. The van der Waals surface area contributed by atoms with E-state index in [4.69, 9.17) is 10.5 Å². The second-order valence-corrected chi connectivity index (χ2v) is 14.2. The molecule has 0 aliphatic carbocycles. The molecule has 2 aliphatic rings. The number of aromatic nitrogens is 2. The molecule has 1 aromatic heterocycles. The molecule has 2 fully saturated rings. The summed E-state index contributed by atoms with van der Waals surface area (Å²) in [4.78, 5) is 16.4. The zero-order chi connectivity index (χ0) is 28.3. The van der Waals surface area contributed by atoms with E-state index in [1.807, 2.05) is 36.4 Å².